The van der Waals surface area contributed by atoms with Gasteiger partial charge in [-0.15, -0.1) is 0 Å². The second-order valence-electron chi connectivity index (χ2n) is 3.91. The lowest BCUT2D eigenvalue weighted by Gasteiger charge is -2.14. The zero-order valence-electron chi connectivity index (χ0n) is 17.0. The number of allylic oxidation sites excluding steroid dienone is 3. The van der Waals surface area contributed by atoms with Gasteiger partial charge in [0.25, 0.3) is 0 Å². The standard InChI is InChI=1S/C11H17NO.C4H6.3C2H6/c1-4-9-6-7-11(13)12(3)8-10(9)5-2;1-3-4-2;3*1-2/h5H,2,4,6-8H2,1,3H3;3-4H,1-2H2;3*1-2H3. The molecule has 1 amide bonds. The normalized spacial score (nSPS) is 12.3. The zero-order chi connectivity index (χ0) is 19.3. The minimum Gasteiger partial charge on any atom is -0.341 e. The van der Waals surface area contributed by atoms with E-state index in [4.69, 9.17) is 0 Å². The minimum absolute atomic E-state index is 0.239. The molecule has 0 aromatic rings. The molecule has 0 radical (unpaired) electrons. The van der Waals surface area contributed by atoms with Crippen LogP contribution in [0.1, 0.15) is 67.7 Å². The third-order valence-corrected chi connectivity index (χ3v) is 2.77. The Balaban J connectivity index is -0.000000152. The Kier molecular flexibility index (Phi) is 32.5. The van der Waals surface area contributed by atoms with Gasteiger partial charge < -0.3 is 4.90 Å². The van der Waals surface area contributed by atoms with Crippen molar-refractivity contribution in [3.8, 4) is 0 Å². The molecule has 136 valence electrons. The molecule has 0 atom stereocenters. The van der Waals surface area contributed by atoms with Crippen LogP contribution in [0.4, 0.5) is 0 Å². The molecule has 0 aromatic heterocycles. The maximum absolute atomic E-state index is 11.4. The second-order valence-corrected chi connectivity index (χ2v) is 3.91. The van der Waals surface area contributed by atoms with Gasteiger partial charge in [-0.25, -0.2) is 0 Å². The van der Waals surface area contributed by atoms with Gasteiger partial charge in [-0.2, -0.15) is 0 Å². The Labute approximate surface area is 146 Å². The molecule has 0 spiro atoms. The van der Waals surface area contributed by atoms with Crippen LogP contribution in [0.25, 0.3) is 0 Å². The van der Waals surface area contributed by atoms with E-state index in [0.29, 0.717) is 6.42 Å². The summed E-state index contributed by atoms with van der Waals surface area (Å²) in [6.45, 7) is 25.4. The summed E-state index contributed by atoms with van der Waals surface area (Å²) in [6.07, 6.45) is 7.74. The van der Waals surface area contributed by atoms with Crippen LogP contribution in [0.2, 0.25) is 0 Å². The molecule has 1 heterocycles. The van der Waals surface area contributed by atoms with Gasteiger partial charge in [-0.05, 0) is 18.4 Å². The van der Waals surface area contributed by atoms with Gasteiger partial charge in [0.1, 0.15) is 0 Å². The highest BCUT2D eigenvalue weighted by atomic mass is 16.2. The van der Waals surface area contributed by atoms with Gasteiger partial charge in [0.15, 0.2) is 0 Å². The highest BCUT2D eigenvalue weighted by molar-refractivity contribution is 5.77. The van der Waals surface area contributed by atoms with Crippen molar-refractivity contribution in [2.45, 2.75) is 67.7 Å². The maximum Gasteiger partial charge on any atom is 0.222 e. The van der Waals surface area contributed by atoms with Gasteiger partial charge >= 0.3 is 0 Å². The summed E-state index contributed by atoms with van der Waals surface area (Å²) >= 11 is 0. The van der Waals surface area contributed by atoms with Gasteiger partial charge in [0.2, 0.25) is 5.91 Å². The Morgan fingerprint density at radius 2 is 1.39 bits per heavy atom. The third-order valence-electron chi connectivity index (χ3n) is 2.77. The first-order chi connectivity index (χ1) is 11.1. The lowest BCUT2D eigenvalue weighted by molar-refractivity contribution is -0.129. The van der Waals surface area contributed by atoms with Crippen LogP contribution in [0.15, 0.2) is 49.1 Å². The summed E-state index contributed by atoms with van der Waals surface area (Å²) in [5, 5.41) is 0. The predicted octanol–water partition coefficient (Wildman–Crippen LogP) is 6.57. The van der Waals surface area contributed by atoms with Crippen molar-refractivity contribution in [3.63, 3.8) is 0 Å². The van der Waals surface area contributed by atoms with E-state index in [-0.39, 0.29) is 5.91 Å². The molecule has 0 fully saturated rings. The van der Waals surface area contributed by atoms with E-state index in [1.165, 1.54) is 11.1 Å². The molecule has 2 heteroatoms. The van der Waals surface area contributed by atoms with Crippen LogP contribution in [0.3, 0.4) is 0 Å². The van der Waals surface area contributed by atoms with E-state index < -0.39 is 0 Å². The first kappa shape index (κ1) is 29.4. The van der Waals surface area contributed by atoms with Crippen molar-refractivity contribution in [1.82, 2.24) is 4.90 Å². The molecule has 23 heavy (non-hydrogen) atoms. The first-order valence-electron chi connectivity index (χ1n) is 8.91. The number of carbonyl (C=O) groups is 1. The molecule has 0 bridgehead atoms. The van der Waals surface area contributed by atoms with Crippen LogP contribution in [-0.4, -0.2) is 24.4 Å². The fourth-order valence-electron chi connectivity index (χ4n) is 1.68. The van der Waals surface area contributed by atoms with Gasteiger partial charge in [-0.3, -0.25) is 4.79 Å². The summed E-state index contributed by atoms with van der Waals surface area (Å²) in [5.74, 6) is 0.239. The molecule has 0 aromatic carbocycles. The quantitative estimate of drug-likeness (QED) is 0.538. The predicted molar refractivity (Wildman–Crippen MR) is 109 cm³/mol. The monoisotopic (exact) mass is 323 g/mol. The van der Waals surface area contributed by atoms with Crippen LogP contribution in [0.5, 0.6) is 0 Å². The van der Waals surface area contributed by atoms with Gasteiger partial charge in [0, 0.05) is 20.0 Å². The molecule has 0 saturated carbocycles. The number of likely N-dealkylation sites (N-methyl/N-ethyl adjacent to an activating group) is 1. The zero-order valence-corrected chi connectivity index (χ0v) is 17.0. The Morgan fingerprint density at radius 3 is 1.70 bits per heavy atom. The summed E-state index contributed by atoms with van der Waals surface area (Å²) in [6, 6.07) is 0. The van der Waals surface area contributed by atoms with Crippen molar-refractivity contribution in [1.29, 1.82) is 0 Å². The number of hydrogen-bond acceptors (Lipinski definition) is 1. The molecule has 0 aliphatic carbocycles. The van der Waals surface area contributed by atoms with E-state index >= 15 is 0 Å². The molecular weight excluding hydrogens is 282 g/mol. The SMILES string of the molecule is C=CC1=C(CC)CCC(=O)N(C)C1.C=CC=C.CC.CC.CC. The second kappa shape index (κ2) is 25.4. The number of carbonyl (C=O) groups excluding carboxylic acids is 1. The topological polar surface area (TPSA) is 20.3 Å². The van der Waals surface area contributed by atoms with Crippen LogP contribution in [0, 0.1) is 0 Å². The van der Waals surface area contributed by atoms with Gasteiger partial charge in [0.05, 0.1) is 0 Å². The van der Waals surface area contributed by atoms with E-state index in [2.05, 4.69) is 26.7 Å². The Morgan fingerprint density at radius 1 is 0.957 bits per heavy atom. The average molecular weight is 324 g/mol. The minimum atomic E-state index is 0.239. The molecule has 1 aliphatic rings. The summed E-state index contributed by atoms with van der Waals surface area (Å²) in [7, 11) is 1.85. The highest BCUT2D eigenvalue weighted by Gasteiger charge is 2.16. The van der Waals surface area contributed by atoms with Crippen LogP contribution in [-0.2, 0) is 4.79 Å². The molecule has 1 rings (SSSR count). The van der Waals surface area contributed by atoms with Crippen molar-refractivity contribution < 1.29 is 4.79 Å². The molecule has 0 unspecified atom stereocenters. The van der Waals surface area contributed by atoms with E-state index in [9.17, 15) is 4.79 Å². The molecule has 1 aliphatic heterocycles. The molecule has 0 N–H and O–H groups in total. The summed E-state index contributed by atoms with van der Waals surface area (Å²) in [5.41, 5.74) is 2.61. The van der Waals surface area contributed by atoms with Crippen LogP contribution >= 0.6 is 0 Å². The first-order valence-corrected chi connectivity index (χ1v) is 8.91. The average Bonchev–Trinajstić information content (AvgIpc) is 2.79. The van der Waals surface area contributed by atoms with Crippen molar-refractivity contribution in [3.05, 3.63) is 49.1 Å². The maximum atomic E-state index is 11.4. The van der Waals surface area contributed by atoms with E-state index in [0.717, 1.165) is 19.4 Å². The fraction of sp³-hybridized carbons (Fsp3) is 0.571. The van der Waals surface area contributed by atoms with E-state index in [1.54, 1.807) is 17.1 Å². The lowest BCUT2D eigenvalue weighted by Crippen LogP contribution is -2.26. The number of nitrogens with zero attached hydrogens (tertiary/aromatic N) is 1. The van der Waals surface area contributed by atoms with Crippen molar-refractivity contribution >= 4 is 5.91 Å². The summed E-state index contributed by atoms with van der Waals surface area (Å²) in [4.78, 5) is 13.2. The third kappa shape index (κ3) is 16.6. The number of rotatable bonds is 3. The molecular formula is C21H41NO. The summed E-state index contributed by atoms with van der Waals surface area (Å²) < 4.78 is 0. The van der Waals surface area contributed by atoms with Crippen LogP contribution < -0.4 is 0 Å². The largest absolute Gasteiger partial charge is 0.341 e. The van der Waals surface area contributed by atoms with Crippen molar-refractivity contribution in [2.24, 2.45) is 0 Å². The molecule has 2 nitrogen and oxygen atoms in total. The van der Waals surface area contributed by atoms with Gasteiger partial charge in [-0.1, -0.05) is 92.0 Å². The van der Waals surface area contributed by atoms with Crippen molar-refractivity contribution in [2.75, 3.05) is 13.6 Å². The number of hydrogen-bond donors (Lipinski definition) is 0. The smallest absolute Gasteiger partial charge is 0.222 e. The Hall–Kier alpha value is -1.57. The fourth-order valence-corrected chi connectivity index (χ4v) is 1.68. The molecule has 0 saturated heterocycles. The number of amides is 1. The van der Waals surface area contributed by atoms with E-state index in [1.807, 2.05) is 54.7 Å². The highest BCUT2D eigenvalue weighted by Crippen LogP contribution is 2.21. The lowest BCUT2D eigenvalue weighted by atomic mass is 10.0. The Bertz CT molecular complexity index is 321.